The van der Waals surface area contributed by atoms with Gasteiger partial charge < -0.3 is 10.5 Å². The van der Waals surface area contributed by atoms with Crippen LogP contribution in [0.25, 0.3) is 0 Å². The molecule has 0 aliphatic rings. The molecule has 0 spiro atoms. The normalized spacial score (nSPS) is 11.8. The molecule has 0 aliphatic carbocycles. The molecule has 98 valence electrons. The van der Waals surface area contributed by atoms with Crippen molar-refractivity contribution >= 4 is 29.4 Å². The van der Waals surface area contributed by atoms with E-state index in [-0.39, 0.29) is 16.3 Å². The Morgan fingerprint density at radius 2 is 2.17 bits per heavy atom. The van der Waals surface area contributed by atoms with Crippen molar-refractivity contribution in [2.45, 2.75) is 12.6 Å². The minimum atomic E-state index is -4.58. The van der Waals surface area contributed by atoms with Crippen LogP contribution in [0.15, 0.2) is 23.4 Å². The van der Waals surface area contributed by atoms with Gasteiger partial charge in [0, 0.05) is 5.56 Å². The van der Waals surface area contributed by atoms with Crippen molar-refractivity contribution in [3.63, 3.8) is 0 Å². The second-order valence-electron chi connectivity index (χ2n) is 3.29. The van der Waals surface area contributed by atoms with Crippen LogP contribution in [0.2, 0.25) is 5.02 Å². The van der Waals surface area contributed by atoms with Gasteiger partial charge in [-0.2, -0.15) is 13.2 Å². The van der Waals surface area contributed by atoms with E-state index in [4.69, 9.17) is 16.8 Å². The molecule has 1 amide bonds. The molecule has 0 saturated carbocycles. The van der Waals surface area contributed by atoms with Gasteiger partial charge in [0.1, 0.15) is 6.42 Å². The van der Waals surface area contributed by atoms with Crippen molar-refractivity contribution in [1.29, 1.82) is 0 Å². The van der Waals surface area contributed by atoms with E-state index in [2.05, 4.69) is 5.16 Å². The molecule has 1 aromatic rings. The maximum Gasteiger partial charge on any atom is 0.397 e. The Labute approximate surface area is 105 Å². The van der Waals surface area contributed by atoms with Gasteiger partial charge in [-0.15, -0.1) is 0 Å². The van der Waals surface area contributed by atoms with Gasteiger partial charge in [0.15, 0.2) is 0 Å². The molecule has 0 bridgehead atoms. The number of hydrogen-bond acceptors (Lipinski definition) is 3. The van der Waals surface area contributed by atoms with E-state index < -0.39 is 18.5 Å². The van der Waals surface area contributed by atoms with Crippen molar-refractivity contribution in [3.05, 3.63) is 28.8 Å². The van der Waals surface area contributed by atoms with Crippen molar-refractivity contribution in [3.8, 4) is 0 Å². The van der Waals surface area contributed by atoms with Crippen LogP contribution in [0.4, 0.5) is 18.9 Å². The highest BCUT2D eigenvalue weighted by Gasteiger charge is 2.31. The lowest BCUT2D eigenvalue weighted by atomic mass is 10.2. The molecular weight excluding hydrogens is 273 g/mol. The van der Waals surface area contributed by atoms with Crippen LogP contribution in [0.3, 0.4) is 0 Å². The van der Waals surface area contributed by atoms with Crippen molar-refractivity contribution in [1.82, 2.24) is 0 Å². The zero-order chi connectivity index (χ0) is 13.8. The summed E-state index contributed by atoms with van der Waals surface area (Å²) in [7, 11) is 0. The molecule has 0 aromatic heterocycles. The quantitative estimate of drug-likeness (QED) is 0.508. The number of hydrogen-bond donors (Lipinski definition) is 2. The minimum Gasteiger partial charge on any atom is -0.411 e. The molecule has 0 heterocycles. The molecule has 18 heavy (non-hydrogen) atoms. The first kappa shape index (κ1) is 14.3. The monoisotopic (exact) mass is 280 g/mol. The highest BCUT2D eigenvalue weighted by Crippen LogP contribution is 2.26. The zero-order valence-corrected chi connectivity index (χ0v) is 9.59. The van der Waals surface area contributed by atoms with Gasteiger partial charge in [0.05, 0.1) is 16.9 Å². The first-order valence-corrected chi connectivity index (χ1v) is 5.04. The van der Waals surface area contributed by atoms with Crippen molar-refractivity contribution in [2.75, 3.05) is 5.32 Å². The maximum atomic E-state index is 12.0. The molecule has 8 heteroatoms. The van der Waals surface area contributed by atoms with Gasteiger partial charge in [-0.1, -0.05) is 28.9 Å². The smallest absolute Gasteiger partial charge is 0.397 e. The Morgan fingerprint density at radius 3 is 2.72 bits per heavy atom. The van der Waals surface area contributed by atoms with Crippen molar-refractivity contribution in [2.24, 2.45) is 5.16 Å². The number of halogens is 4. The van der Waals surface area contributed by atoms with Crippen LogP contribution in [0.1, 0.15) is 12.0 Å². The lowest BCUT2D eigenvalue weighted by Crippen LogP contribution is -2.21. The number of carbonyl (C=O) groups excluding carboxylic acids is 1. The molecular formula is C10H8ClF3N2O2. The van der Waals surface area contributed by atoms with E-state index in [0.29, 0.717) is 0 Å². The summed E-state index contributed by atoms with van der Waals surface area (Å²) in [5.41, 5.74) is 0.285. The van der Waals surface area contributed by atoms with Crippen LogP contribution >= 0.6 is 11.6 Å². The summed E-state index contributed by atoms with van der Waals surface area (Å²) in [6.45, 7) is 0. The summed E-state index contributed by atoms with van der Waals surface area (Å²) in [6, 6.07) is 4.26. The van der Waals surface area contributed by atoms with Crippen molar-refractivity contribution < 1.29 is 23.2 Å². The fourth-order valence-electron chi connectivity index (χ4n) is 1.18. The number of anilines is 1. The summed E-state index contributed by atoms with van der Waals surface area (Å²) in [4.78, 5) is 11.1. The topological polar surface area (TPSA) is 61.7 Å². The van der Waals surface area contributed by atoms with E-state index in [9.17, 15) is 18.0 Å². The number of carbonyl (C=O) groups is 1. The van der Waals surface area contributed by atoms with Crippen LogP contribution in [-0.2, 0) is 4.79 Å². The fourth-order valence-corrected chi connectivity index (χ4v) is 1.41. The SMILES string of the molecule is O=C(CC(F)(F)F)Nc1cccc(/C=N/O)c1Cl. The van der Waals surface area contributed by atoms with E-state index >= 15 is 0 Å². The molecule has 0 saturated heterocycles. The van der Waals surface area contributed by atoms with E-state index in [1.165, 1.54) is 18.2 Å². The standard InChI is InChI=1S/C10H8ClF3N2O2/c11-9-6(5-15-18)2-1-3-7(9)16-8(17)4-10(12,13)14/h1-3,5,18H,4H2,(H,16,17)/b15-5+. The van der Waals surface area contributed by atoms with Gasteiger partial charge in [0.25, 0.3) is 0 Å². The predicted octanol–water partition coefficient (Wildman–Crippen LogP) is 3.04. The first-order chi connectivity index (χ1) is 8.33. The predicted molar refractivity (Wildman–Crippen MR) is 60.1 cm³/mol. The van der Waals surface area contributed by atoms with E-state index in [0.717, 1.165) is 6.21 Å². The number of oxime groups is 1. The van der Waals surface area contributed by atoms with E-state index in [1.54, 1.807) is 0 Å². The average Bonchev–Trinajstić information content (AvgIpc) is 2.21. The summed E-state index contributed by atoms with van der Waals surface area (Å²) in [5.74, 6) is -1.22. The number of rotatable bonds is 3. The maximum absolute atomic E-state index is 12.0. The molecule has 0 fully saturated rings. The van der Waals surface area contributed by atoms with Gasteiger partial charge in [-0.05, 0) is 6.07 Å². The van der Waals surface area contributed by atoms with Gasteiger partial charge in [-0.25, -0.2) is 0 Å². The Kier molecular flexibility index (Phi) is 4.55. The molecule has 0 unspecified atom stereocenters. The molecule has 0 aliphatic heterocycles. The minimum absolute atomic E-state index is 0.00850. The summed E-state index contributed by atoms with van der Waals surface area (Å²) in [5, 5.41) is 13.1. The number of amides is 1. The first-order valence-electron chi connectivity index (χ1n) is 4.66. The summed E-state index contributed by atoms with van der Waals surface area (Å²) < 4.78 is 35.9. The highest BCUT2D eigenvalue weighted by atomic mass is 35.5. The van der Waals surface area contributed by atoms with E-state index in [1.807, 2.05) is 5.32 Å². The lowest BCUT2D eigenvalue weighted by Gasteiger charge is -2.10. The van der Waals surface area contributed by atoms with Gasteiger partial charge >= 0.3 is 6.18 Å². The second kappa shape index (κ2) is 5.72. The molecule has 4 nitrogen and oxygen atoms in total. The van der Waals surface area contributed by atoms with Crippen LogP contribution in [0, 0.1) is 0 Å². The number of benzene rings is 1. The Morgan fingerprint density at radius 1 is 1.50 bits per heavy atom. The summed E-state index contributed by atoms with van der Waals surface area (Å²) >= 11 is 5.80. The third-order valence-electron chi connectivity index (χ3n) is 1.86. The van der Waals surface area contributed by atoms with Gasteiger partial charge in [0.2, 0.25) is 5.91 Å². The molecule has 1 rings (SSSR count). The number of nitrogens with one attached hydrogen (secondary N) is 1. The third kappa shape index (κ3) is 4.25. The lowest BCUT2D eigenvalue weighted by molar-refractivity contribution is -0.150. The van der Waals surface area contributed by atoms with Crippen LogP contribution in [-0.4, -0.2) is 23.5 Å². The fraction of sp³-hybridized carbons (Fsp3) is 0.200. The molecule has 0 atom stereocenters. The molecule has 1 aromatic carbocycles. The Balaban J connectivity index is 2.85. The largest absolute Gasteiger partial charge is 0.411 e. The Bertz CT molecular complexity index is 475. The third-order valence-corrected chi connectivity index (χ3v) is 2.28. The highest BCUT2D eigenvalue weighted by molar-refractivity contribution is 6.36. The number of nitrogens with zero attached hydrogens (tertiary/aromatic N) is 1. The number of alkyl halides is 3. The average molecular weight is 281 g/mol. The second-order valence-corrected chi connectivity index (χ2v) is 3.67. The molecule has 0 radical (unpaired) electrons. The molecule has 2 N–H and O–H groups in total. The zero-order valence-electron chi connectivity index (χ0n) is 8.83. The van der Waals surface area contributed by atoms with Crippen LogP contribution in [0.5, 0.6) is 0 Å². The summed E-state index contributed by atoms with van der Waals surface area (Å²) in [6.07, 6.45) is -5.18. The van der Waals surface area contributed by atoms with Crippen LogP contribution < -0.4 is 5.32 Å². The Hall–Kier alpha value is -1.76. The van der Waals surface area contributed by atoms with Gasteiger partial charge in [-0.3, -0.25) is 4.79 Å².